The molecule has 0 atom stereocenters. The summed E-state index contributed by atoms with van der Waals surface area (Å²) in [6.07, 6.45) is 2.98. The Kier molecular flexibility index (Phi) is 3.04. The highest BCUT2D eigenvalue weighted by molar-refractivity contribution is 9.10. The average molecular weight is 230 g/mol. The van der Waals surface area contributed by atoms with Crippen molar-refractivity contribution in [3.05, 3.63) is 23.5 Å². The van der Waals surface area contributed by atoms with E-state index in [1.54, 1.807) is 6.08 Å². The summed E-state index contributed by atoms with van der Waals surface area (Å²) in [4.78, 5) is 7.63. The quantitative estimate of drug-likeness (QED) is 0.797. The van der Waals surface area contributed by atoms with Gasteiger partial charge in [-0.1, -0.05) is 12.7 Å². The van der Waals surface area contributed by atoms with Gasteiger partial charge >= 0.3 is 0 Å². The molecule has 2 N–H and O–H groups in total. The molecule has 1 rings (SSSR count). The van der Waals surface area contributed by atoms with Gasteiger partial charge in [0.15, 0.2) is 0 Å². The van der Waals surface area contributed by atoms with Gasteiger partial charge in [-0.15, -0.1) is 0 Å². The Hall–Kier alpha value is -1.10. The van der Waals surface area contributed by atoms with Crippen molar-refractivity contribution >= 4 is 21.7 Å². The molecule has 12 heavy (non-hydrogen) atoms. The van der Waals surface area contributed by atoms with Gasteiger partial charge in [-0.3, -0.25) is 0 Å². The zero-order valence-corrected chi connectivity index (χ0v) is 7.91. The third kappa shape index (κ3) is 1.94. The van der Waals surface area contributed by atoms with E-state index in [0.717, 1.165) is 0 Å². The number of nitrogens with two attached hydrogens (primary N) is 1. The second-order valence-corrected chi connectivity index (χ2v) is 2.77. The Labute approximate surface area is 78.6 Å². The fourth-order valence-electron chi connectivity index (χ4n) is 0.605. The van der Waals surface area contributed by atoms with Gasteiger partial charge in [-0.2, -0.15) is 0 Å². The zero-order valence-electron chi connectivity index (χ0n) is 6.33. The smallest absolute Gasteiger partial charge is 0.233 e. The van der Waals surface area contributed by atoms with Crippen LogP contribution in [0.1, 0.15) is 0 Å². The molecule has 4 nitrogen and oxygen atoms in total. The summed E-state index contributed by atoms with van der Waals surface area (Å²) in [7, 11) is 0. The molecule has 0 amide bonds. The van der Waals surface area contributed by atoms with Crippen LogP contribution >= 0.6 is 15.9 Å². The molecular weight excluding hydrogens is 222 g/mol. The molecule has 0 spiro atoms. The highest BCUT2D eigenvalue weighted by atomic mass is 79.9. The Balaban J connectivity index is 2.84. The Morgan fingerprint density at radius 2 is 2.42 bits per heavy atom. The number of hydrogen-bond donors (Lipinski definition) is 1. The first kappa shape index (κ1) is 8.99. The van der Waals surface area contributed by atoms with Gasteiger partial charge in [-0.05, 0) is 15.9 Å². The van der Waals surface area contributed by atoms with Gasteiger partial charge in [0.2, 0.25) is 5.88 Å². The Morgan fingerprint density at radius 3 is 3.08 bits per heavy atom. The van der Waals surface area contributed by atoms with Crippen LogP contribution in [0.15, 0.2) is 23.5 Å². The summed E-state index contributed by atoms with van der Waals surface area (Å²) >= 11 is 3.20. The third-order valence-electron chi connectivity index (χ3n) is 1.12. The van der Waals surface area contributed by atoms with Crippen molar-refractivity contribution in [1.29, 1.82) is 0 Å². The van der Waals surface area contributed by atoms with Crippen molar-refractivity contribution in [2.45, 2.75) is 0 Å². The number of hydrogen-bond acceptors (Lipinski definition) is 4. The van der Waals surface area contributed by atoms with Crippen molar-refractivity contribution in [3.63, 3.8) is 0 Å². The van der Waals surface area contributed by atoms with Crippen molar-refractivity contribution in [1.82, 2.24) is 9.97 Å². The Bertz CT molecular complexity index is 290. The number of ether oxygens (including phenoxy) is 1. The van der Waals surface area contributed by atoms with Gasteiger partial charge in [0, 0.05) is 0 Å². The molecule has 0 aliphatic rings. The van der Waals surface area contributed by atoms with Crippen LogP contribution in [0.2, 0.25) is 0 Å². The minimum absolute atomic E-state index is 0.365. The molecule has 1 heterocycles. The SMILES string of the molecule is C=CCOc1ncnc(N)c1Br. The molecule has 0 saturated heterocycles. The van der Waals surface area contributed by atoms with Crippen LogP contribution in [-0.2, 0) is 0 Å². The first-order valence-electron chi connectivity index (χ1n) is 3.25. The molecule has 0 bridgehead atoms. The van der Waals surface area contributed by atoms with E-state index in [9.17, 15) is 0 Å². The molecule has 0 aliphatic carbocycles. The first-order valence-corrected chi connectivity index (χ1v) is 4.04. The molecule has 0 fully saturated rings. The van der Waals surface area contributed by atoms with Crippen molar-refractivity contribution in [2.24, 2.45) is 0 Å². The lowest BCUT2D eigenvalue weighted by molar-refractivity contribution is 0.346. The molecule has 0 radical (unpaired) electrons. The molecule has 0 saturated carbocycles. The maximum atomic E-state index is 5.49. The summed E-state index contributed by atoms with van der Waals surface area (Å²) in [5.41, 5.74) is 5.49. The van der Waals surface area contributed by atoms with Crippen LogP contribution in [0.25, 0.3) is 0 Å². The lowest BCUT2D eigenvalue weighted by Crippen LogP contribution is -2.00. The van der Waals surface area contributed by atoms with Gasteiger partial charge in [-0.25, -0.2) is 9.97 Å². The predicted octanol–water partition coefficient (Wildman–Crippen LogP) is 1.39. The van der Waals surface area contributed by atoms with Crippen LogP contribution in [0.5, 0.6) is 5.88 Å². The highest BCUT2D eigenvalue weighted by Gasteiger charge is 2.05. The standard InChI is InChI=1S/C7H8BrN3O/c1-2-3-12-7-5(8)6(9)10-4-11-7/h2,4H,1,3H2,(H2,9,10,11). The van der Waals surface area contributed by atoms with Crippen molar-refractivity contribution in [3.8, 4) is 5.88 Å². The lowest BCUT2D eigenvalue weighted by Gasteiger charge is -2.04. The minimum Gasteiger partial charge on any atom is -0.473 e. The van der Waals surface area contributed by atoms with Crippen molar-refractivity contribution < 1.29 is 4.74 Å². The van der Waals surface area contributed by atoms with E-state index in [-0.39, 0.29) is 0 Å². The van der Waals surface area contributed by atoms with Crippen LogP contribution in [0.4, 0.5) is 5.82 Å². The first-order chi connectivity index (χ1) is 5.75. The fraction of sp³-hybridized carbons (Fsp3) is 0.143. The molecule has 0 aromatic carbocycles. The summed E-state index contributed by atoms with van der Waals surface area (Å²) < 4.78 is 5.75. The van der Waals surface area contributed by atoms with E-state index in [4.69, 9.17) is 10.5 Å². The molecule has 1 aromatic rings. The van der Waals surface area contributed by atoms with Crippen LogP contribution in [0.3, 0.4) is 0 Å². The summed E-state index contributed by atoms with van der Waals surface area (Å²) in [6, 6.07) is 0. The number of aromatic nitrogens is 2. The van der Waals surface area contributed by atoms with Gasteiger partial charge < -0.3 is 10.5 Å². The van der Waals surface area contributed by atoms with E-state index in [0.29, 0.717) is 22.8 Å². The third-order valence-corrected chi connectivity index (χ3v) is 1.87. The van der Waals surface area contributed by atoms with Crippen LogP contribution < -0.4 is 10.5 Å². The maximum Gasteiger partial charge on any atom is 0.233 e. The van der Waals surface area contributed by atoms with Gasteiger partial charge in [0.05, 0.1) is 0 Å². The molecule has 64 valence electrons. The lowest BCUT2D eigenvalue weighted by atomic mass is 10.5. The largest absolute Gasteiger partial charge is 0.473 e. The number of anilines is 1. The van der Waals surface area contributed by atoms with Crippen LogP contribution in [0, 0.1) is 0 Å². The van der Waals surface area contributed by atoms with E-state index < -0.39 is 0 Å². The minimum atomic E-state index is 0.365. The highest BCUT2D eigenvalue weighted by Crippen LogP contribution is 2.25. The van der Waals surface area contributed by atoms with E-state index in [1.165, 1.54) is 6.33 Å². The number of nitrogen functional groups attached to an aromatic ring is 1. The zero-order chi connectivity index (χ0) is 8.97. The molecule has 0 aliphatic heterocycles. The second kappa shape index (κ2) is 4.06. The summed E-state index contributed by atoms with van der Waals surface area (Å²) in [6.45, 7) is 3.91. The summed E-state index contributed by atoms with van der Waals surface area (Å²) in [5, 5.41) is 0. The molecule has 1 aromatic heterocycles. The van der Waals surface area contributed by atoms with E-state index >= 15 is 0 Å². The van der Waals surface area contributed by atoms with Crippen LogP contribution in [-0.4, -0.2) is 16.6 Å². The number of rotatable bonds is 3. The topological polar surface area (TPSA) is 61.0 Å². The number of halogens is 1. The second-order valence-electron chi connectivity index (χ2n) is 1.98. The van der Waals surface area contributed by atoms with Crippen molar-refractivity contribution in [2.75, 3.05) is 12.3 Å². The van der Waals surface area contributed by atoms with Gasteiger partial charge in [0.25, 0.3) is 0 Å². The molecule has 0 unspecified atom stereocenters. The normalized spacial score (nSPS) is 9.42. The molecular formula is C7H8BrN3O. The average Bonchev–Trinajstić information content (AvgIpc) is 2.08. The Morgan fingerprint density at radius 1 is 1.67 bits per heavy atom. The maximum absolute atomic E-state index is 5.49. The van der Waals surface area contributed by atoms with E-state index in [1.807, 2.05) is 0 Å². The summed E-state index contributed by atoms with van der Waals surface area (Å²) in [5.74, 6) is 0.798. The number of nitrogens with zero attached hydrogens (tertiary/aromatic N) is 2. The molecule has 5 heteroatoms. The van der Waals surface area contributed by atoms with Gasteiger partial charge in [0.1, 0.15) is 23.2 Å². The van der Waals surface area contributed by atoms with E-state index in [2.05, 4.69) is 32.5 Å². The monoisotopic (exact) mass is 229 g/mol. The fourth-order valence-corrected chi connectivity index (χ4v) is 0.924. The predicted molar refractivity (Wildman–Crippen MR) is 49.8 cm³/mol.